The lowest BCUT2D eigenvalue weighted by atomic mass is 9.73. The lowest BCUT2D eigenvalue weighted by Crippen LogP contribution is -2.44. The monoisotopic (exact) mass is 474 g/mol. The molecule has 0 aromatic heterocycles. The Morgan fingerprint density at radius 2 is 1.94 bits per heavy atom. The number of anilines is 1. The van der Waals surface area contributed by atoms with E-state index in [1.165, 1.54) is 11.6 Å². The van der Waals surface area contributed by atoms with E-state index in [1.807, 2.05) is 17.0 Å². The Balaban J connectivity index is 1.49. The van der Waals surface area contributed by atoms with E-state index in [0.29, 0.717) is 50.2 Å². The van der Waals surface area contributed by atoms with Crippen molar-refractivity contribution in [2.24, 2.45) is 16.3 Å². The second kappa shape index (κ2) is 8.30. The van der Waals surface area contributed by atoms with Crippen LogP contribution in [0, 0.1) is 11.2 Å². The highest BCUT2D eigenvalue weighted by molar-refractivity contribution is 6.25. The zero-order chi connectivity index (χ0) is 24.1. The fourth-order valence-corrected chi connectivity index (χ4v) is 5.57. The number of nitrogens with two attached hydrogens (primary N) is 1. The molecule has 3 N–H and O–H groups in total. The molecular formula is C25H26F4N4O. The van der Waals surface area contributed by atoms with E-state index in [4.69, 9.17) is 5.73 Å². The molecule has 180 valence electrons. The Morgan fingerprint density at radius 1 is 1.21 bits per heavy atom. The summed E-state index contributed by atoms with van der Waals surface area (Å²) in [6.45, 7) is 5.55. The highest BCUT2D eigenvalue weighted by Gasteiger charge is 2.46. The van der Waals surface area contributed by atoms with Crippen molar-refractivity contribution in [1.82, 2.24) is 5.43 Å². The number of ether oxygens (including phenoxy) is 1. The summed E-state index contributed by atoms with van der Waals surface area (Å²) in [7, 11) is 0. The Hall–Kier alpha value is -3.07. The second-order valence-electron chi connectivity index (χ2n) is 9.25. The van der Waals surface area contributed by atoms with Gasteiger partial charge in [-0.1, -0.05) is 30.8 Å². The van der Waals surface area contributed by atoms with Crippen molar-refractivity contribution >= 4 is 17.0 Å². The molecule has 5 rings (SSSR count). The molecule has 0 bridgehead atoms. The van der Waals surface area contributed by atoms with Gasteiger partial charge in [0.05, 0.1) is 11.4 Å². The van der Waals surface area contributed by atoms with Crippen molar-refractivity contribution < 1.29 is 22.3 Å². The number of allylic oxidation sites excluding steroid dienone is 1. The van der Waals surface area contributed by atoms with Gasteiger partial charge < -0.3 is 20.8 Å². The summed E-state index contributed by atoms with van der Waals surface area (Å²) in [5.41, 5.74) is 13.1. The number of piperidine rings is 1. The Morgan fingerprint density at radius 3 is 2.59 bits per heavy atom. The number of benzene rings is 2. The van der Waals surface area contributed by atoms with E-state index >= 15 is 0 Å². The van der Waals surface area contributed by atoms with Gasteiger partial charge in [-0.3, -0.25) is 0 Å². The maximum Gasteiger partial charge on any atom is 0.573 e. The first-order valence-electron chi connectivity index (χ1n) is 11.3. The summed E-state index contributed by atoms with van der Waals surface area (Å²) in [4.78, 5) is 1.84. The normalized spacial score (nSPS) is 21.3. The zero-order valence-corrected chi connectivity index (χ0v) is 18.6. The maximum atomic E-state index is 14.5. The van der Waals surface area contributed by atoms with E-state index in [0.717, 1.165) is 18.1 Å². The molecule has 1 spiro atoms. The van der Waals surface area contributed by atoms with Crippen molar-refractivity contribution in [2.45, 2.75) is 38.1 Å². The van der Waals surface area contributed by atoms with Crippen molar-refractivity contribution in [3.05, 3.63) is 65.5 Å². The number of hydrazone groups is 1. The van der Waals surface area contributed by atoms with Crippen LogP contribution in [0.1, 0.15) is 42.0 Å². The first-order chi connectivity index (χ1) is 16.2. The number of nitrogens with one attached hydrogen (secondary N) is 1. The molecule has 34 heavy (non-hydrogen) atoms. The summed E-state index contributed by atoms with van der Waals surface area (Å²) >= 11 is 0. The molecule has 2 aromatic carbocycles. The molecule has 1 aliphatic carbocycles. The highest BCUT2D eigenvalue weighted by atomic mass is 19.4. The van der Waals surface area contributed by atoms with Gasteiger partial charge in [0.1, 0.15) is 5.82 Å². The molecule has 0 radical (unpaired) electrons. The molecule has 2 aliphatic heterocycles. The lowest BCUT2D eigenvalue weighted by molar-refractivity contribution is -0.274. The number of hydrogen-bond acceptors (Lipinski definition) is 5. The van der Waals surface area contributed by atoms with Crippen LogP contribution in [0.3, 0.4) is 0 Å². The quantitative estimate of drug-likeness (QED) is 0.617. The van der Waals surface area contributed by atoms with Crippen LogP contribution in [-0.2, 0) is 6.42 Å². The number of fused-ring (bicyclic) bond motifs is 1. The van der Waals surface area contributed by atoms with Crippen LogP contribution in [-0.4, -0.2) is 31.7 Å². The molecule has 9 heteroatoms. The molecule has 0 amide bonds. The minimum absolute atomic E-state index is 0.127. The molecule has 2 heterocycles. The minimum atomic E-state index is -4.96. The summed E-state index contributed by atoms with van der Waals surface area (Å²) in [5.74, 6) is -1.39. The molecule has 2 aromatic rings. The van der Waals surface area contributed by atoms with E-state index in [-0.39, 0.29) is 22.7 Å². The van der Waals surface area contributed by atoms with Gasteiger partial charge in [0.2, 0.25) is 0 Å². The second-order valence-corrected chi connectivity index (χ2v) is 9.25. The van der Waals surface area contributed by atoms with Crippen LogP contribution < -0.4 is 20.8 Å². The van der Waals surface area contributed by atoms with Crippen molar-refractivity contribution in [3.63, 3.8) is 0 Å². The van der Waals surface area contributed by atoms with Gasteiger partial charge in [-0.2, -0.15) is 5.10 Å². The van der Waals surface area contributed by atoms with Gasteiger partial charge in [0.15, 0.2) is 5.75 Å². The predicted molar refractivity (Wildman–Crippen MR) is 123 cm³/mol. The molecule has 1 saturated heterocycles. The minimum Gasteiger partial charge on any atom is -0.403 e. The molecule has 3 aliphatic rings. The van der Waals surface area contributed by atoms with Gasteiger partial charge in [-0.15, -0.1) is 13.2 Å². The predicted octanol–water partition coefficient (Wildman–Crippen LogP) is 4.93. The van der Waals surface area contributed by atoms with E-state index in [2.05, 4.69) is 34.0 Å². The largest absolute Gasteiger partial charge is 0.573 e. The zero-order valence-electron chi connectivity index (χ0n) is 18.6. The molecule has 1 atom stereocenters. The third kappa shape index (κ3) is 4.02. The van der Waals surface area contributed by atoms with Crippen molar-refractivity contribution in [3.8, 4) is 5.75 Å². The summed E-state index contributed by atoms with van der Waals surface area (Å²) in [6, 6.07) is 9.98. The molecular weight excluding hydrogens is 448 g/mol. The summed E-state index contributed by atoms with van der Waals surface area (Å²) in [6.07, 6.45) is -2.17. The molecule has 5 nitrogen and oxygen atoms in total. The first-order valence-corrected chi connectivity index (χ1v) is 11.3. The van der Waals surface area contributed by atoms with Gasteiger partial charge in [-0.05, 0) is 41.9 Å². The van der Waals surface area contributed by atoms with Gasteiger partial charge >= 0.3 is 6.36 Å². The third-order valence-corrected chi connectivity index (χ3v) is 7.29. The first kappa shape index (κ1) is 22.7. The van der Waals surface area contributed by atoms with E-state index in [1.54, 1.807) is 0 Å². The van der Waals surface area contributed by atoms with E-state index < -0.39 is 17.9 Å². The van der Waals surface area contributed by atoms with Crippen LogP contribution in [0.15, 0.2) is 48.1 Å². The topological polar surface area (TPSA) is 62.9 Å². The average molecular weight is 475 g/mol. The SMILES string of the molecule is C=C(C1=NNCC1)c1cc(F)cc(OC(F)(F)F)c1N1CCC2(CC1)Cc1ccccc1[C@H]2N. The molecule has 0 unspecified atom stereocenters. The standard InChI is InChI=1S/C25H26F4N4O/c1-15(20-6-9-31-32-20)19-12-17(26)13-21(34-25(27,28)29)22(19)33-10-7-24(8-11-33)14-16-4-2-3-5-18(16)23(24)30/h2-5,12-13,23,31H,1,6-11,14,30H2/t23-/m1/s1. The van der Waals surface area contributed by atoms with E-state index in [9.17, 15) is 17.6 Å². The van der Waals surface area contributed by atoms with Crippen molar-refractivity contribution in [2.75, 3.05) is 24.5 Å². The summed E-state index contributed by atoms with van der Waals surface area (Å²) in [5, 5.41) is 4.17. The van der Waals surface area contributed by atoms with Gasteiger partial charge in [0.25, 0.3) is 0 Å². The average Bonchev–Trinajstić information content (AvgIpc) is 3.41. The smallest absolute Gasteiger partial charge is 0.403 e. The van der Waals surface area contributed by atoms with Crippen LogP contribution in [0.4, 0.5) is 23.2 Å². The Labute approximate surface area is 195 Å². The number of hydrogen-bond donors (Lipinski definition) is 2. The third-order valence-electron chi connectivity index (χ3n) is 7.29. The number of rotatable bonds is 4. The molecule has 0 saturated carbocycles. The van der Waals surface area contributed by atoms with Gasteiger partial charge in [0, 0.05) is 49.3 Å². The van der Waals surface area contributed by atoms with Gasteiger partial charge in [-0.25, -0.2) is 4.39 Å². The van der Waals surface area contributed by atoms with Crippen LogP contribution in [0.5, 0.6) is 5.75 Å². The Bertz CT molecular complexity index is 1150. The highest BCUT2D eigenvalue weighted by Crippen LogP contribution is 2.52. The van der Waals surface area contributed by atoms with Crippen LogP contribution >= 0.6 is 0 Å². The number of alkyl halides is 3. The van der Waals surface area contributed by atoms with Crippen LogP contribution in [0.25, 0.3) is 5.57 Å². The number of nitrogens with zero attached hydrogens (tertiary/aromatic N) is 2. The maximum absolute atomic E-state index is 14.5. The fourth-order valence-electron chi connectivity index (χ4n) is 5.57. The Kier molecular flexibility index (Phi) is 5.55. The lowest BCUT2D eigenvalue weighted by Gasteiger charge is -2.44. The molecule has 1 fully saturated rings. The fraction of sp³-hybridized carbons (Fsp3) is 0.400. The van der Waals surface area contributed by atoms with Crippen LogP contribution in [0.2, 0.25) is 0 Å². The summed E-state index contributed by atoms with van der Waals surface area (Å²) < 4.78 is 58.6. The van der Waals surface area contributed by atoms with Crippen molar-refractivity contribution in [1.29, 1.82) is 0 Å². The number of halogens is 4.